The molecule has 1 N–H and O–H groups in total. The number of hydrogen-bond donors (Lipinski definition) is 1. The van der Waals surface area contributed by atoms with Crippen molar-refractivity contribution in [2.75, 3.05) is 30.4 Å². The van der Waals surface area contributed by atoms with Crippen molar-refractivity contribution in [3.05, 3.63) is 30.9 Å². The Balaban J connectivity index is 1.64. The number of nitrogens with zero attached hydrogens (tertiary/aromatic N) is 5. The zero-order valence-corrected chi connectivity index (χ0v) is 11.2. The number of aromatic nitrogens is 4. The molecule has 1 unspecified atom stereocenters. The SMILES string of the molecule is COc1cc(N2CCC(Nc3ncccn3)C2)ncn1. The van der Waals surface area contributed by atoms with E-state index in [-0.39, 0.29) is 0 Å². The smallest absolute Gasteiger partial charge is 0.222 e. The van der Waals surface area contributed by atoms with Gasteiger partial charge in [0.25, 0.3) is 0 Å². The van der Waals surface area contributed by atoms with Crippen molar-refractivity contribution < 1.29 is 4.74 Å². The van der Waals surface area contributed by atoms with E-state index in [9.17, 15) is 0 Å². The van der Waals surface area contributed by atoms with Crippen molar-refractivity contribution >= 4 is 11.8 Å². The van der Waals surface area contributed by atoms with Crippen LogP contribution in [-0.4, -0.2) is 46.2 Å². The summed E-state index contributed by atoms with van der Waals surface area (Å²) in [7, 11) is 1.60. The van der Waals surface area contributed by atoms with Gasteiger partial charge in [-0.2, -0.15) is 0 Å². The summed E-state index contributed by atoms with van der Waals surface area (Å²) in [5.74, 6) is 2.13. The van der Waals surface area contributed by atoms with Gasteiger partial charge in [-0.05, 0) is 12.5 Å². The monoisotopic (exact) mass is 272 g/mol. The van der Waals surface area contributed by atoms with Crippen molar-refractivity contribution in [2.24, 2.45) is 0 Å². The van der Waals surface area contributed by atoms with E-state index in [1.807, 2.05) is 6.07 Å². The summed E-state index contributed by atoms with van der Waals surface area (Å²) in [5.41, 5.74) is 0. The van der Waals surface area contributed by atoms with E-state index in [1.54, 1.807) is 25.6 Å². The van der Waals surface area contributed by atoms with Gasteiger partial charge in [-0.25, -0.2) is 19.9 Å². The fraction of sp³-hybridized carbons (Fsp3) is 0.385. The third kappa shape index (κ3) is 2.76. The highest BCUT2D eigenvalue weighted by atomic mass is 16.5. The van der Waals surface area contributed by atoms with Crippen LogP contribution in [0.3, 0.4) is 0 Å². The summed E-state index contributed by atoms with van der Waals surface area (Å²) in [6, 6.07) is 3.97. The molecule has 0 amide bonds. The molecule has 0 radical (unpaired) electrons. The van der Waals surface area contributed by atoms with Gasteiger partial charge in [0.15, 0.2) is 0 Å². The molecular formula is C13H16N6O. The van der Waals surface area contributed by atoms with Crippen molar-refractivity contribution in [1.29, 1.82) is 0 Å². The molecule has 3 rings (SSSR count). The first-order chi connectivity index (χ1) is 9.85. The standard InChI is InChI=1S/C13H16N6O/c1-20-12-7-11(16-9-17-12)19-6-3-10(8-19)18-13-14-4-2-5-15-13/h2,4-5,7,9-10H,3,6,8H2,1H3,(H,14,15,18). The molecule has 20 heavy (non-hydrogen) atoms. The summed E-state index contributed by atoms with van der Waals surface area (Å²) in [6.07, 6.45) is 6.01. The Labute approximate surface area is 117 Å². The van der Waals surface area contributed by atoms with Gasteiger partial charge in [0, 0.05) is 37.6 Å². The quantitative estimate of drug-likeness (QED) is 0.888. The Bertz CT molecular complexity index is 564. The Morgan fingerprint density at radius 3 is 2.90 bits per heavy atom. The second-order valence-electron chi connectivity index (χ2n) is 4.57. The minimum absolute atomic E-state index is 0.318. The van der Waals surface area contributed by atoms with Crippen LogP contribution in [0.25, 0.3) is 0 Å². The molecule has 1 saturated heterocycles. The lowest BCUT2D eigenvalue weighted by Crippen LogP contribution is -2.27. The number of hydrogen-bond acceptors (Lipinski definition) is 7. The zero-order chi connectivity index (χ0) is 13.8. The molecule has 0 saturated carbocycles. The van der Waals surface area contributed by atoms with Gasteiger partial charge in [0.1, 0.15) is 12.1 Å². The Morgan fingerprint density at radius 2 is 2.10 bits per heavy atom. The first kappa shape index (κ1) is 12.6. The van der Waals surface area contributed by atoms with E-state index in [0.29, 0.717) is 17.9 Å². The van der Waals surface area contributed by atoms with Gasteiger partial charge in [0.2, 0.25) is 11.8 Å². The van der Waals surface area contributed by atoms with Crippen LogP contribution in [-0.2, 0) is 0 Å². The van der Waals surface area contributed by atoms with Crippen LogP contribution in [0.5, 0.6) is 5.88 Å². The van der Waals surface area contributed by atoms with Crippen LogP contribution in [0.1, 0.15) is 6.42 Å². The molecule has 1 aliphatic rings. The highest BCUT2D eigenvalue weighted by Crippen LogP contribution is 2.21. The first-order valence-electron chi connectivity index (χ1n) is 6.49. The zero-order valence-electron chi connectivity index (χ0n) is 11.2. The molecule has 7 heteroatoms. The molecule has 0 aliphatic carbocycles. The number of methoxy groups -OCH3 is 1. The van der Waals surface area contributed by atoms with E-state index in [1.165, 1.54) is 6.33 Å². The van der Waals surface area contributed by atoms with Crippen molar-refractivity contribution in [2.45, 2.75) is 12.5 Å². The fourth-order valence-electron chi connectivity index (χ4n) is 2.26. The molecular weight excluding hydrogens is 256 g/mol. The highest BCUT2D eigenvalue weighted by molar-refractivity contribution is 5.43. The van der Waals surface area contributed by atoms with E-state index in [4.69, 9.17) is 4.74 Å². The molecule has 2 aromatic heterocycles. The topological polar surface area (TPSA) is 76.1 Å². The summed E-state index contributed by atoms with van der Waals surface area (Å²) in [6.45, 7) is 1.79. The molecule has 2 aromatic rings. The highest BCUT2D eigenvalue weighted by Gasteiger charge is 2.24. The van der Waals surface area contributed by atoms with Crippen LogP contribution in [0.15, 0.2) is 30.9 Å². The van der Waals surface area contributed by atoms with Crippen molar-refractivity contribution in [3.8, 4) is 5.88 Å². The van der Waals surface area contributed by atoms with Crippen LogP contribution in [0, 0.1) is 0 Å². The van der Waals surface area contributed by atoms with E-state index >= 15 is 0 Å². The third-order valence-electron chi connectivity index (χ3n) is 3.25. The van der Waals surface area contributed by atoms with Crippen molar-refractivity contribution in [3.63, 3.8) is 0 Å². The van der Waals surface area contributed by atoms with Crippen molar-refractivity contribution in [1.82, 2.24) is 19.9 Å². The molecule has 0 bridgehead atoms. The maximum atomic E-state index is 5.12. The van der Waals surface area contributed by atoms with Gasteiger partial charge in [-0.15, -0.1) is 0 Å². The van der Waals surface area contributed by atoms with Crippen LogP contribution >= 0.6 is 0 Å². The minimum Gasteiger partial charge on any atom is -0.481 e. The number of rotatable bonds is 4. The molecule has 7 nitrogen and oxygen atoms in total. The second kappa shape index (κ2) is 5.68. The van der Waals surface area contributed by atoms with Gasteiger partial charge < -0.3 is 15.0 Å². The molecule has 3 heterocycles. The van der Waals surface area contributed by atoms with Gasteiger partial charge in [0.05, 0.1) is 7.11 Å². The average Bonchev–Trinajstić information content (AvgIpc) is 2.97. The lowest BCUT2D eigenvalue weighted by atomic mass is 10.3. The molecule has 1 aliphatic heterocycles. The van der Waals surface area contributed by atoms with Crippen LogP contribution in [0.4, 0.5) is 11.8 Å². The van der Waals surface area contributed by atoms with E-state index in [2.05, 4.69) is 30.2 Å². The first-order valence-corrected chi connectivity index (χ1v) is 6.49. The molecule has 1 fully saturated rings. The lowest BCUT2D eigenvalue weighted by Gasteiger charge is -2.18. The maximum Gasteiger partial charge on any atom is 0.222 e. The maximum absolute atomic E-state index is 5.12. The fourth-order valence-corrected chi connectivity index (χ4v) is 2.26. The lowest BCUT2D eigenvalue weighted by molar-refractivity contribution is 0.397. The normalized spacial score (nSPS) is 18.1. The number of nitrogens with one attached hydrogen (secondary N) is 1. The summed E-state index contributed by atoms with van der Waals surface area (Å²) >= 11 is 0. The Morgan fingerprint density at radius 1 is 1.25 bits per heavy atom. The van der Waals surface area contributed by atoms with Crippen LogP contribution in [0.2, 0.25) is 0 Å². The van der Waals surface area contributed by atoms with Crippen LogP contribution < -0.4 is 15.0 Å². The predicted molar refractivity (Wildman–Crippen MR) is 74.9 cm³/mol. The summed E-state index contributed by atoms with van der Waals surface area (Å²) in [5, 5.41) is 3.33. The molecule has 1 atom stereocenters. The van der Waals surface area contributed by atoms with Gasteiger partial charge in [-0.3, -0.25) is 0 Å². The number of ether oxygens (including phenoxy) is 1. The third-order valence-corrected chi connectivity index (χ3v) is 3.25. The molecule has 0 aromatic carbocycles. The Hall–Kier alpha value is -2.44. The minimum atomic E-state index is 0.318. The van der Waals surface area contributed by atoms with Gasteiger partial charge >= 0.3 is 0 Å². The van der Waals surface area contributed by atoms with E-state index in [0.717, 1.165) is 25.3 Å². The second-order valence-corrected chi connectivity index (χ2v) is 4.57. The number of anilines is 2. The summed E-state index contributed by atoms with van der Waals surface area (Å²) < 4.78 is 5.12. The van der Waals surface area contributed by atoms with E-state index < -0.39 is 0 Å². The summed E-state index contributed by atoms with van der Waals surface area (Å²) in [4.78, 5) is 18.9. The largest absolute Gasteiger partial charge is 0.481 e. The molecule has 104 valence electrons. The Kier molecular flexibility index (Phi) is 3.58. The average molecular weight is 272 g/mol. The predicted octanol–water partition coefficient (Wildman–Crippen LogP) is 0.966. The van der Waals surface area contributed by atoms with Gasteiger partial charge in [-0.1, -0.05) is 0 Å². The molecule has 0 spiro atoms.